The van der Waals surface area contributed by atoms with Crippen molar-refractivity contribution in [3.05, 3.63) is 66.5 Å². The number of carbonyl (C=O) groups excluding carboxylic acids is 1. The number of aromatic nitrogens is 3. The Kier molecular flexibility index (Phi) is 7.11. The first-order valence-corrected chi connectivity index (χ1v) is 13.8. The number of carbonyl (C=O) groups is 1. The minimum absolute atomic E-state index is 0.0593. The number of nitrogens with zero attached hydrogens (tertiary/aromatic N) is 3. The molecule has 2 aromatic heterocycles. The molecule has 4 aromatic rings. The normalized spacial score (nSPS) is 20.4. The third-order valence-electron chi connectivity index (χ3n) is 7.74. The fraction of sp³-hybridized carbons (Fsp3) is 0.355. The predicted octanol–water partition coefficient (Wildman–Crippen LogP) is 5.94. The number of hydrogen-bond donors (Lipinski definition) is 3. The van der Waals surface area contributed by atoms with E-state index in [-0.39, 0.29) is 5.91 Å². The van der Waals surface area contributed by atoms with E-state index in [1.54, 1.807) is 12.4 Å². The summed E-state index contributed by atoms with van der Waals surface area (Å²) in [5.74, 6) is 2.97. The molecule has 0 unspecified atom stereocenters. The lowest BCUT2D eigenvalue weighted by atomic mass is 10.0. The van der Waals surface area contributed by atoms with Gasteiger partial charge in [0.15, 0.2) is 0 Å². The monoisotopic (exact) mass is 522 g/mol. The number of fused-ring (bicyclic) bond motifs is 1. The molecule has 8 nitrogen and oxygen atoms in total. The van der Waals surface area contributed by atoms with Crippen molar-refractivity contribution in [1.82, 2.24) is 20.3 Å². The first kappa shape index (κ1) is 25.2. The van der Waals surface area contributed by atoms with Gasteiger partial charge >= 0.3 is 0 Å². The molecule has 1 aliphatic carbocycles. The third kappa shape index (κ3) is 5.71. The first-order valence-electron chi connectivity index (χ1n) is 13.8. The SMILES string of the molecule is Cc1ccc2c(NC(=O)C[C@@H]3C[C@H]3C)cccc2c1Oc1ncccc1-c1ccnc(N[C@H]2CCCNC2)n1. The van der Waals surface area contributed by atoms with Crippen molar-refractivity contribution in [3.8, 4) is 22.9 Å². The molecular formula is C31H34N6O2. The molecule has 2 aliphatic rings. The lowest BCUT2D eigenvalue weighted by Gasteiger charge is -2.23. The molecule has 8 heteroatoms. The van der Waals surface area contributed by atoms with E-state index >= 15 is 0 Å². The van der Waals surface area contributed by atoms with Crippen LogP contribution >= 0.6 is 0 Å². The second-order valence-electron chi connectivity index (χ2n) is 10.7. The van der Waals surface area contributed by atoms with E-state index in [9.17, 15) is 4.79 Å². The average Bonchev–Trinajstić information content (AvgIpc) is 3.65. The summed E-state index contributed by atoms with van der Waals surface area (Å²) in [7, 11) is 0. The van der Waals surface area contributed by atoms with Crippen LogP contribution in [0.1, 0.15) is 38.2 Å². The molecule has 3 heterocycles. The van der Waals surface area contributed by atoms with E-state index < -0.39 is 0 Å². The molecule has 1 amide bonds. The lowest BCUT2D eigenvalue weighted by molar-refractivity contribution is -0.116. The molecule has 2 aromatic carbocycles. The Hall–Kier alpha value is -4.04. The van der Waals surface area contributed by atoms with Crippen LogP contribution in [0.3, 0.4) is 0 Å². The van der Waals surface area contributed by atoms with Gasteiger partial charge in [0.05, 0.1) is 11.3 Å². The number of hydrogen-bond acceptors (Lipinski definition) is 7. The number of anilines is 2. The van der Waals surface area contributed by atoms with E-state index in [0.717, 1.165) is 65.6 Å². The number of rotatable bonds is 8. The molecule has 1 aliphatic heterocycles. The molecule has 0 bridgehead atoms. The van der Waals surface area contributed by atoms with E-state index in [1.807, 2.05) is 55.5 Å². The van der Waals surface area contributed by atoms with Crippen molar-refractivity contribution in [2.75, 3.05) is 23.7 Å². The second-order valence-corrected chi connectivity index (χ2v) is 10.7. The van der Waals surface area contributed by atoms with Crippen molar-refractivity contribution in [2.24, 2.45) is 11.8 Å². The summed E-state index contributed by atoms with van der Waals surface area (Å²) in [5.41, 5.74) is 3.29. The summed E-state index contributed by atoms with van der Waals surface area (Å²) < 4.78 is 6.53. The molecule has 0 radical (unpaired) electrons. The fourth-order valence-electron chi connectivity index (χ4n) is 5.31. The van der Waals surface area contributed by atoms with Gasteiger partial charge < -0.3 is 20.7 Å². The molecule has 39 heavy (non-hydrogen) atoms. The Balaban J connectivity index is 1.29. The maximum absolute atomic E-state index is 12.7. The van der Waals surface area contributed by atoms with Gasteiger partial charge in [-0.25, -0.2) is 15.0 Å². The van der Waals surface area contributed by atoms with Gasteiger partial charge in [-0.3, -0.25) is 4.79 Å². The van der Waals surface area contributed by atoms with Crippen molar-refractivity contribution in [2.45, 2.75) is 45.6 Å². The van der Waals surface area contributed by atoms with Crippen molar-refractivity contribution >= 4 is 28.3 Å². The predicted molar refractivity (Wildman–Crippen MR) is 154 cm³/mol. The number of aryl methyl sites for hydroxylation is 1. The highest BCUT2D eigenvalue weighted by Crippen LogP contribution is 2.41. The van der Waals surface area contributed by atoms with Crippen LogP contribution in [0, 0.1) is 18.8 Å². The highest BCUT2D eigenvalue weighted by atomic mass is 16.5. The van der Waals surface area contributed by atoms with Gasteiger partial charge in [0.2, 0.25) is 17.7 Å². The lowest BCUT2D eigenvalue weighted by Crippen LogP contribution is -2.38. The number of benzene rings is 2. The minimum Gasteiger partial charge on any atom is -0.437 e. The Morgan fingerprint density at radius 3 is 2.79 bits per heavy atom. The summed E-state index contributed by atoms with van der Waals surface area (Å²) in [6.07, 6.45) is 7.40. The fourth-order valence-corrected chi connectivity index (χ4v) is 5.31. The standard InChI is InChI=1S/C31H34N6O2/c1-19-10-11-23-24(7-3-9-26(23)36-28(38)17-21-16-20(21)2)29(19)39-30-25(8-5-14-33-30)27-12-15-34-31(37-27)35-22-6-4-13-32-18-22/h3,5,7-12,14-15,20-22,32H,4,6,13,16-18H2,1-2H3,(H,36,38)(H,34,35,37)/t20-,21+,22+/m1/s1. The zero-order valence-corrected chi connectivity index (χ0v) is 22.4. The van der Waals surface area contributed by atoms with E-state index in [0.29, 0.717) is 41.9 Å². The van der Waals surface area contributed by atoms with Crippen molar-refractivity contribution in [1.29, 1.82) is 0 Å². The summed E-state index contributed by atoms with van der Waals surface area (Å²) in [5, 5.41) is 11.8. The maximum atomic E-state index is 12.7. The molecule has 1 saturated heterocycles. The van der Waals surface area contributed by atoms with Gasteiger partial charge in [-0.15, -0.1) is 0 Å². The van der Waals surface area contributed by atoms with E-state index in [2.05, 4.69) is 32.8 Å². The molecule has 6 rings (SSSR count). The summed E-state index contributed by atoms with van der Waals surface area (Å²) in [6.45, 7) is 6.16. The molecule has 0 spiro atoms. The Labute approximate surface area is 228 Å². The number of amides is 1. The zero-order valence-electron chi connectivity index (χ0n) is 22.4. The third-order valence-corrected chi connectivity index (χ3v) is 7.74. The maximum Gasteiger partial charge on any atom is 0.228 e. The van der Waals surface area contributed by atoms with Crippen LogP contribution in [0.4, 0.5) is 11.6 Å². The first-order chi connectivity index (χ1) is 19.0. The van der Waals surface area contributed by atoms with Crippen LogP contribution in [0.2, 0.25) is 0 Å². The Morgan fingerprint density at radius 1 is 1.08 bits per heavy atom. The average molecular weight is 523 g/mol. The Morgan fingerprint density at radius 2 is 1.97 bits per heavy atom. The van der Waals surface area contributed by atoms with Crippen LogP contribution in [-0.2, 0) is 4.79 Å². The van der Waals surface area contributed by atoms with Crippen LogP contribution in [0.25, 0.3) is 22.0 Å². The van der Waals surface area contributed by atoms with Gasteiger partial charge in [-0.1, -0.05) is 31.2 Å². The van der Waals surface area contributed by atoms with Crippen LogP contribution < -0.4 is 20.7 Å². The summed E-state index contributed by atoms with van der Waals surface area (Å²) in [6, 6.07) is 16.0. The second kappa shape index (κ2) is 11.0. The van der Waals surface area contributed by atoms with Gasteiger partial charge in [-0.05, 0) is 74.4 Å². The smallest absolute Gasteiger partial charge is 0.228 e. The number of ether oxygens (including phenoxy) is 1. The number of nitrogens with one attached hydrogen (secondary N) is 3. The highest BCUT2D eigenvalue weighted by molar-refractivity contribution is 6.04. The molecule has 200 valence electrons. The summed E-state index contributed by atoms with van der Waals surface area (Å²) >= 11 is 0. The highest BCUT2D eigenvalue weighted by Gasteiger charge is 2.34. The topological polar surface area (TPSA) is 101 Å². The van der Waals surface area contributed by atoms with Gasteiger partial charge in [0.1, 0.15) is 5.75 Å². The quantitative estimate of drug-likeness (QED) is 0.263. The van der Waals surface area contributed by atoms with Crippen LogP contribution in [-0.4, -0.2) is 40.0 Å². The van der Waals surface area contributed by atoms with Gasteiger partial charge in [-0.2, -0.15) is 0 Å². The van der Waals surface area contributed by atoms with Crippen molar-refractivity contribution < 1.29 is 9.53 Å². The van der Waals surface area contributed by atoms with Crippen LogP contribution in [0.15, 0.2) is 60.9 Å². The molecular weight excluding hydrogens is 488 g/mol. The number of piperidine rings is 1. The largest absolute Gasteiger partial charge is 0.437 e. The number of pyridine rings is 1. The van der Waals surface area contributed by atoms with E-state index in [4.69, 9.17) is 9.72 Å². The molecule has 3 atom stereocenters. The van der Waals surface area contributed by atoms with Gasteiger partial charge in [0.25, 0.3) is 0 Å². The summed E-state index contributed by atoms with van der Waals surface area (Å²) in [4.78, 5) is 26.5. The van der Waals surface area contributed by atoms with Crippen molar-refractivity contribution in [3.63, 3.8) is 0 Å². The van der Waals surface area contributed by atoms with E-state index in [1.165, 1.54) is 0 Å². The Bertz CT molecular complexity index is 1500. The molecule has 2 fully saturated rings. The van der Waals surface area contributed by atoms with Gasteiger partial charge in [0, 0.05) is 47.9 Å². The zero-order chi connectivity index (χ0) is 26.8. The minimum atomic E-state index is 0.0593. The molecule has 3 N–H and O–H groups in total. The van der Waals surface area contributed by atoms with Crippen LogP contribution in [0.5, 0.6) is 11.6 Å². The molecule has 1 saturated carbocycles.